The number of ketones is 1. The Morgan fingerprint density at radius 1 is 1.31 bits per heavy atom. The number of thioether (sulfide) groups is 1. The van der Waals surface area contributed by atoms with E-state index < -0.39 is 4.92 Å². The fraction of sp³-hybridized carbons (Fsp3) is 0.550. The normalized spacial score (nSPS) is 12.3. The van der Waals surface area contributed by atoms with Crippen molar-refractivity contribution in [2.75, 3.05) is 19.8 Å². The molecule has 158 valence electrons. The second-order valence-electron chi connectivity index (χ2n) is 7.20. The Kier molecular flexibility index (Phi) is 8.33. The summed E-state index contributed by atoms with van der Waals surface area (Å²) in [6.07, 6.45) is 2.96. The van der Waals surface area contributed by atoms with Crippen molar-refractivity contribution in [3.63, 3.8) is 0 Å². The minimum atomic E-state index is -0.459. The molecule has 9 heteroatoms. The molecule has 0 aliphatic heterocycles. The molecule has 2 rings (SSSR count). The first kappa shape index (κ1) is 23.0. The van der Waals surface area contributed by atoms with Gasteiger partial charge < -0.3 is 4.57 Å². The van der Waals surface area contributed by atoms with Crippen molar-refractivity contribution in [2.24, 2.45) is 0 Å². The van der Waals surface area contributed by atoms with Gasteiger partial charge in [0.1, 0.15) is 0 Å². The molecule has 0 saturated carbocycles. The number of Topliss-reactive ketones (excluding diaryl/α,β-unsaturated/α-hetero) is 1. The standard InChI is InChI=1S/C20H29N5O3S/c1-6-8-11-24-19(16(7-2)23(4)5)21-22-20(24)29-13-18(26)15-10-9-14(3)17(12-15)25(27)28/h9-10,12,16H,6-8,11,13H2,1-5H3/t16-/m1/s1. The van der Waals surface area contributed by atoms with Crippen molar-refractivity contribution in [1.82, 2.24) is 19.7 Å². The monoisotopic (exact) mass is 419 g/mol. The van der Waals surface area contributed by atoms with E-state index in [1.807, 2.05) is 14.1 Å². The number of aryl methyl sites for hydroxylation is 1. The lowest BCUT2D eigenvalue weighted by molar-refractivity contribution is -0.385. The fourth-order valence-corrected chi connectivity index (χ4v) is 4.02. The maximum Gasteiger partial charge on any atom is 0.273 e. The average Bonchev–Trinajstić information content (AvgIpc) is 3.07. The Morgan fingerprint density at radius 3 is 2.62 bits per heavy atom. The quantitative estimate of drug-likeness (QED) is 0.232. The Bertz CT molecular complexity index is 866. The van der Waals surface area contributed by atoms with E-state index in [9.17, 15) is 14.9 Å². The predicted molar refractivity (Wildman–Crippen MR) is 115 cm³/mol. The summed E-state index contributed by atoms with van der Waals surface area (Å²) in [5.41, 5.74) is 0.845. The lowest BCUT2D eigenvalue weighted by Gasteiger charge is -2.23. The minimum Gasteiger partial charge on any atom is -0.305 e. The number of hydrogen-bond acceptors (Lipinski definition) is 7. The summed E-state index contributed by atoms with van der Waals surface area (Å²) >= 11 is 1.33. The van der Waals surface area contributed by atoms with Crippen molar-refractivity contribution >= 4 is 23.2 Å². The summed E-state index contributed by atoms with van der Waals surface area (Å²) in [4.78, 5) is 25.4. The zero-order valence-corrected chi connectivity index (χ0v) is 18.5. The number of nitro groups is 1. The molecule has 0 radical (unpaired) electrons. The highest BCUT2D eigenvalue weighted by atomic mass is 32.2. The highest BCUT2D eigenvalue weighted by Gasteiger charge is 2.23. The van der Waals surface area contributed by atoms with Gasteiger partial charge in [0.2, 0.25) is 0 Å². The lowest BCUT2D eigenvalue weighted by Crippen LogP contribution is -2.23. The SMILES string of the molecule is CCCCn1c(SCC(=O)c2ccc(C)c([N+](=O)[O-])c2)nnc1[C@@H](CC)N(C)C. The van der Waals surface area contributed by atoms with Crippen molar-refractivity contribution in [2.45, 2.75) is 57.8 Å². The van der Waals surface area contributed by atoms with Gasteiger partial charge >= 0.3 is 0 Å². The molecule has 29 heavy (non-hydrogen) atoms. The van der Waals surface area contributed by atoms with Crippen LogP contribution in [0.2, 0.25) is 0 Å². The second-order valence-corrected chi connectivity index (χ2v) is 8.15. The number of rotatable bonds is 11. The van der Waals surface area contributed by atoms with E-state index in [0.717, 1.165) is 31.6 Å². The van der Waals surface area contributed by atoms with E-state index in [4.69, 9.17) is 0 Å². The van der Waals surface area contributed by atoms with Gasteiger partial charge in [-0.2, -0.15) is 0 Å². The van der Waals surface area contributed by atoms with E-state index in [1.165, 1.54) is 17.8 Å². The molecule has 1 aromatic carbocycles. The summed E-state index contributed by atoms with van der Waals surface area (Å²) in [7, 11) is 4.04. The molecular weight excluding hydrogens is 390 g/mol. The molecular formula is C20H29N5O3S. The summed E-state index contributed by atoms with van der Waals surface area (Å²) in [5.74, 6) is 0.902. The highest BCUT2D eigenvalue weighted by molar-refractivity contribution is 7.99. The molecule has 0 fully saturated rings. The van der Waals surface area contributed by atoms with Crippen LogP contribution in [0, 0.1) is 17.0 Å². The van der Waals surface area contributed by atoms with Crippen LogP contribution >= 0.6 is 11.8 Å². The van der Waals surface area contributed by atoms with Gasteiger partial charge in [-0.3, -0.25) is 19.8 Å². The van der Waals surface area contributed by atoms with Crippen LogP contribution in [0.15, 0.2) is 23.4 Å². The van der Waals surface area contributed by atoms with Crippen LogP contribution in [-0.2, 0) is 6.54 Å². The van der Waals surface area contributed by atoms with Crippen LogP contribution in [-0.4, -0.2) is 50.2 Å². The summed E-state index contributed by atoms with van der Waals surface area (Å²) in [6.45, 7) is 6.71. The molecule has 8 nitrogen and oxygen atoms in total. The number of unbranched alkanes of at least 4 members (excludes halogenated alkanes) is 1. The number of carbonyl (C=O) groups is 1. The number of nitrogens with zero attached hydrogens (tertiary/aromatic N) is 5. The number of aromatic nitrogens is 3. The largest absolute Gasteiger partial charge is 0.305 e. The Hall–Kier alpha value is -2.26. The van der Waals surface area contributed by atoms with E-state index in [1.54, 1.807) is 19.1 Å². The number of hydrogen-bond donors (Lipinski definition) is 0. The summed E-state index contributed by atoms with van der Waals surface area (Å²) in [6, 6.07) is 4.76. The first-order chi connectivity index (χ1) is 13.8. The molecule has 0 unspecified atom stereocenters. The topological polar surface area (TPSA) is 94.2 Å². The van der Waals surface area contributed by atoms with Gasteiger partial charge in [0.25, 0.3) is 5.69 Å². The van der Waals surface area contributed by atoms with Crippen LogP contribution in [0.4, 0.5) is 5.69 Å². The molecule has 0 saturated heterocycles. The molecule has 0 aliphatic rings. The number of benzene rings is 1. The van der Waals surface area contributed by atoms with Gasteiger partial charge in [-0.1, -0.05) is 44.2 Å². The summed E-state index contributed by atoms with van der Waals surface area (Å²) < 4.78 is 2.10. The molecule has 1 aromatic heterocycles. The zero-order chi connectivity index (χ0) is 21.6. The molecule has 0 spiro atoms. The summed E-state index contributed by atoms with van der Waals surface area (Å²) in [5, 5.41) is 20.6. The van der Waals surface area contributed by atoms with E-state index in [0.29, 0.717) is 16.3 Å². The van der Waals surface area contributed by atoms with Gasteiger partial charge in [-0.05, 0) is 33.9 Å². The van der Waals surface area contributed by atoms with E-state index >= 15 is 0 Å². The molecule has 0 N–H and O–H groups in total. The Labute approximate surface area is 175 Å². The van der Waals surface area contributed by atoms with E-state index in [2.05, 4.69) is 33.5 Å². The smallest absolute Gasteiger partial charge is 0.273 e. The minimum absolute atomic E-state index is 0.0361. The van der Waals surface area contributed by atoms with Crippen LogP contribution < -0.4 is 0 Å². The fourth-order valence-electron chi connectivity index (χ4n) is 3.15. The van der Waals surface area contributed by atoms with Crippen molar-refractivity contribution in [3.8, 4) is 0 Å². The molecule has 2 aromatic rings. The van der Waals surface area contributed by atoms with Crippen molar-refractivity contribution < 1.29 is 9.72 Å². The highest BCUT2D eigenvalue weighted by Crippen LogP contribution is 2.27. The maximum atomic E-state index is 12.6. The second kappa shape index (κ2) is 10.5. The van der Waals surface area contributed by atoms with Gasteiger partial charge in [0, 0.05) is 23.7 Å². The Balaban J connectivity index is 2.21. The Morgan fingerprint density at radius 2 is 2.03 bits per heavy atom. The van der Waals surface area contributed by atoms with Crippen LogP contribution in [0.3, 0.4) is 0 Å². The van der Waals surface area contributed by atoms with Crippen LogP contribution in [0.1, 0.15) is 60.9 Å². The van der Waals surface area contributed by atoms with Crippen LogP contribution in [0.25, 0.3) is 0 Å². The van der Waals surface area contributed by atoms with E-state index in [-0.39, 0.29) is 23.3 Å². The first-order valence-corrected chi connectivity index (χ1v) is 10.8. The third kappa shape index (κ3) is 5.63. The average molecular weight is 420 g/mol. The third-order valence-electron chi connectivity index (χ3n) is 4.85. The molecule has 1 atom stereocenters. The third-order valence-corrected chi connectivity index (χ3v) is 5.82. The maximum absolute atomic E-state index is 12.6. The van der Waals surface area contributed by atoms with Gasteiger partial charge in [0.15, 0.2) is 16.8 Å². The van der Waals surface area contributed by atoms with Crippen molar-refractivity contribution in [3.05, 3.63) is 45.3 Å². The molecule has 0 aliphatic carbocycles. The van der Waals surface area contributed by atoms with Crippen LogP contribution in [0.5, 0.6) is 0 Å². The predicted octanol–water partition coefficient (Wildman–Crippen LogP) is 4.28. The number of nitro benzene ring substituents is 1. The van der Waals surface area contributed by atoms with Gasteiger partial charge in [0.05, 0.1) is 16.7 Å². The zero-order valence-electron chi connectivity index (χ0n) is 17.7. The molecule has 1 heterocycles. The lowest BCUT2D eigenvalue weighted by atomic mass is 10.1. The first-order valence-electron chi connectivity index (χ1n) is 9.80. The molecule has 0 amide bonds. The number of carbonyl (C=O) groups excluding carboxylic acids is 1. The van der Waals surface area contributed by atoms with Gasteiger partial charge in [-0.25, -0.2) is 0 Å². The van der Waals surface area contributed by atoms with Crippen molar-refractivity contribution in [1.29, 1.82) is 0 Å². The molecule has 0 bridgehead atoms. The van der Waals surface area contributed by atoms with Gasteiger partial charge in [-0.15, -0.1) is 10.2 Å².